The first-order valence-corrected chi connectivity index (χ1v) is 25.2. The molecule has 3 N–H and O–H groups in total. The second-order valence-corrected chi connectivity index (χ2v) is 20.9. The Kier molecular flexibility index (Phi) is 11.3. The van der Waals surface area contributed by atoms with Gasteiger partial charge in [-0.3, -0.25) is 19.8 Å². The van der Waals surface area contributed by atoms with Gasteiger partial charge in [-0.1, -0.05) is 24.3 Å². The Bertz CT molecular complexity index is 2760. The van der Waals surface area contributed by atoms with Gasteiger partial charge in [0.2, 0.25) is 5.88 Å². The number of nitrogens with zero attached hydrogens (tertiary/aromatic N) is 6. The minimum atomic E-state index is -4.66. The summed E-state index contributed by atoms with van der Waals surface area (Å²) in [6.07, 6.45) is 14.9. The lowest BCUT2D eigenvalue weighted by atomic mass is 9.59. The maximum atomic E-state index is 14.4. The van der Waals surface area contributed by atoms with E-state index in [-0.39, 0.29) is 17.2 Å². The smallest absolute Gasteiger partial charge is 0.296 e. The van der Waals surface area contributed by atoms with Gasteiger partial charge < -0.3 is 29.6 Å². The monoisotopic (exact) mass is 915 g/mol. The van der Waals surface area contributed by atoms with Gasteiger partial charge in [0.25, 0.3) is 21.6 Å². The zero-order valence-electron chi connectivity index (χ0n) is 37.1. The highest BCUT2D eigenvalue weighted by Crippen LogP contribution is 2.55. The Labute approximate surface area is 384 Å². The van der Waals surface area contributed by atoms with Gasteiger partial charge in [0.15, 0.2) is 5.03 Å². The minimum absolute atomic E-state index is 0.105. The van der Waals surface area contributed by atoms with Crippen LogP contribution in [0.1, 0.15) is 104 Å². The fourth-order valence-electron chi connectivity index (χ4n) is 11.4. The number of sulfonamides is 1. The number of nitro groups is 1. The van der Waals surface area contributed by atoms with Crippen molar-refractivity contribution in [3.63, 3.8) is 0 Å². The van der Waals surface area contributed by atoms with E-state index in [0.29, 0.717) is 79.7 Å². The van der Waals surface area contributed by atoms with Gasteiger partial charge in [-0.15, -0.1) is 0 Å². The zero-order chi connectivity index (χ0) is 45.0. The highest BCUT2D eigenvalue weighted by Gasteiger charge is 2.50. The van der Waals surface area contributed by atoms with Gasteiger partial charge in [0.1, 0.15) is 17.0 Å². The summed E-state index contributed by atoms with van der Waals surface area (Å²) >= 11 is 0. The van der Waals surface area contributed by atoms with Crippen molar-refractivity contribution in [3.05, 3.63) is 99.9 Å². The van der Waals surface area contributed by atoms with Crippen LogP contribution >= 0.6 is 0 Å². The highest BCUT2D eigenvalue weighted by molar-refractivity contribution is 7.90. The van der Waals surface area contributed by atoms with Crippen molar-refractivity contribution >= 4 is 55.4 Å². The summed E-state index contributed by atoms with van der Waals surface area (Å²) < 4.78 is 41.6. The number of ether oxygens (including phenoxy) is 2. The molecule has 0 radical (unpaired) electrons. The molecule has 346 valence electrons. The van der Waals surface area contributed by atoms with Crippen LogP contribution in [0.15, 0.2) is 78.1 Å². The number of carbonyl (C=O) groups excluding carboxylic acids is 1. The molecule has 1 amide bonds. The summed E-state index contributed by atoms with van der Waals surface area (Å²) in [4.78, 5) is 45.1. The number of carbonyl (C=O) groups is 1. The van der Waals surface area contributed by atoms with Gasteiger partial charge in [0, 0.05) is 68.7 Å². The van der Waals surface area contributed by atoms with Crippen molar-refractivity contribution in [2.45, 2.75) is 93.7 Å². The van der Waals surface area contributed by atoms with Crippen molar-refractivity contribution in [2.24, 2.45) is 11.3 Å². The summed E-state index contributed by atoms with van der Waals surface area (Å²) in [5, 5.41) is 15.5. The Morgan fingerprint density at radius 3 is 2.50 bits per heavy atom. The summed E-state index contributed by atoms with van der Waals surface area (Å²) in [6, 6.07) is 20.7. The van der Waals surface area contributed by atoms with E-state index in [1.165, 1.54) is 45.1 Å². The molecule has 5 fully saturated rings. The number of rotatable bonds is 12. The van der Waals surface area contributed by atoms with E-state index >= 15 is 0 Å². The number of aromatic nitrogens is 3. The van der Waals surface area contributed by atoms with Crippen LogP contribution in [0.2, 0.25) is 0 Å². The molecule has 0 unspecified atom stereocenters. The molecule has 2 saturated carbocycles. The molecule has 11 rings (SSSR count). The van der Waals surface area contributed by atoms with Crippen LogP contribution in [-0.2, 0) is 14.8 Å². The molecule has 1 atom stereocenters. The minimum Gasteiger partial charge on any atom is -0.476 e. The molecule has 4 aliphatic heterocycles. The van der Waals surface area contributed by atoms with E-state index in [1.807, 2.05) is 35.4 Å². The second-order valence-electron chi connectivity index (χ2n) is 19.3. The summed E-state index contributed by atoms with van der Waals surface area (Å²) in [6.45, 7) is 5.49. The predicted octanol–water partition coefficient (Wildman–Crippen LogP) is 8.21. The highest BCUT2D eigenvalue weighted by atomic mass is 32.2. The van der Waals surface area contributed by atoms with Crippen molar-refractivity contribution in [1.82, 2.24) is 24.6 Å². The summed E-state index contributed by atoms with van der Waals surface area (Å²) in [7, 11) is -4.66. The van der Waals surface area contributed by atoms with Crippen molar-refractivity contribution in [1.29, 1.82) is 0 Å². The normalized spacial score (nSPS) is 21.5. The molecule has 1 spiro atoms. The molecule has 16 nitrogen and oxygen atoms in total. The van der Waals surface area contributed by atoms with E-state index < -0.39 is 31.6 Å². The number of likely N-dealkylation sites (tertiary alicyclic amines) is 1. The molecule has 2 aliphatic carbocycles. The van der Waals surface area contributed by atoms with Crippen LogP contribution in [0, 0.1) is 21.4 Å². The summed E-state index contributed by atoms with van der Waals surface area (Å²) in [5.74, 6) is 0.520. The molecule has 5 aromatic rings. The zero-order valence-corrected chi connectivity index (χ0v) is 37.9. The van der Waals surface area contributed by atoms with Crippen molar-refractivity contribution in [2.75, 3.05) is 67.7 Å². The predicted molar refractivity (Wildman–Crippen MR) is 251 cm³/mol. The second kappa shape index (κ2) is 17.5. The number of piperidine rings is 1. The average molecular weight is 916 g/mol. The van der Waals surface area contributed by atoms with Crippen LogP contribution in [0.3, 0.4) is 0 Å². The van der Waals surface area contributed by atoms with Crippen LogP contribution < -0.4 is 24.6 Å². The molecule has 6 aliphatic rings. The van der Waals surface area contributed by atoms with E-state index in [1.54, 1.807) is 17.2 Å². The van der Waals surface area contributed by atoms with E-state index in [2.05, 4.69) is 54.1 Å². The van der Waals surface area contributed by atoms with E-state index in [4.69, 9.17) is 14.5 Å². The third-order valence-electron chi connectivity index (χ3n) is 15.2. The molecule has 3 aromatic heterocycles. The third-order valence-corrected chi connectivity index (χ3v) is 16.4. The first kappa shape index (κ1) is 42.8. The van der Waals surface area contributed by atoms with Gasteiger partial charge in [-0.05, 0) is 136 Å². The number of benzene rings is 2. The molecule has 3 saturated heterocycles. The van der Waals surface area contributed by atoms with Gasteiger partial charge in [-0.25, -0.2) is 9.71 Å². The van der Waals surface area contributed by atoms with Crippen LogP contribution in [-0.4, -0.2) is 97.7 Å². The number of pyridine rings is 2. The maximum absolute atomic E-state index is 14.4. The first-order chi connectivity index (χ1) is 32.1. The van der Waals surface area contributed by atoms with Gasteiger partial charge in [0.05, 0.1) is 35.0 Å². The maximum Gasteiger partial charge on any atom is 0.296 e. The molecular formula is C49H57N9O7S. The van der Waals surface area contributed by atoms with Gasteiger partial charge >= 0.3 is 0 Å². The van der Waals surface area contributed by atoms with Gasteiger partial charge in [-0.2, -0.15) is 13.4 Å². The Balaban J connectivity index is 0.839. The first-order valence-electron chi connectivity index (χ1n) is 23.8. The Hall–Kier alpha value is -5.78. The third kappa shape index (κ3) is 8.34. The van der Waals surface area contributed by atoms with Crippen LogP contribution in [0.25, 0.3) is 11.0 Å². The van der Waals surface area contributed by atoms with Crippen LogP contribution in [0.4, 0.5) is 28.4 Å². The molecule has 7 heterocycles. The molecule has 2 aromatic carbocycles. The van der Waals surface area contributed by atoms with Crippen LogP contribution in [0.5, 0.6) is 5.88 Å². The lowest BCUT2D eigenvalue weighted by molar-refractivity contribution is -0.384. The van der Waals surface area contributed by atoms with Crippen molar-refractivity contribution < 1.29 is 27.6 Å². The summed E-state index contributed by atoms with van der Waals surface area (Å²) in [5.41, 5.74) is 6.01. The number of nitrogens with one attached hydrogen (secondary N) is 3. The van der Waals surface area contributed by atoms with E-state index in [0.717, 1.165) is 68.0 Å². The number of aromatic amines is 1. The Morgan fingerprint density at radius 2 is 1.71 bits per heavy atom. The molecule has 17 heteroatoms. The standard InChI is InChI=1S/C49H57N9O7S/c59-47(54-66(62,63)45-27-43(58(60)61)40(31-52-45)51-30-32-13-23-64-24-14-32)39-11-10-35(26-42(39)57-19-4-22-65-48-44(57)25-34-12-17-50-46(34)53-48)55-20-15-49(16-21-55)28-36(29-49)56-18-3-7-41(56)38-6-2-1-5-37(38)33-8-9-33/h1-2,5-6,10-12,17,25-27,31-33,36,41,51H,3-4,7-9,13-16,18-24,28-30H2,(H,50,53)(H,54,59)/t41-/m0/s1. The lowest BCUT2D eigenvalue weighted by Crippen LogP contribution is -2.55. The fourth-order valence-corrected chi connectivity index (χ4v) is 12.3. The quantitative estimate of drug-likeness (QED) is 0.0804. The molecular weight excluding hydrogens is 859 g/mol. The Morgan fingerprint density at radius 1 is 0.909 bits per heavy atom. The topological polar surface area (TPSA) is 188 Å². The number of fused-ring (bicyclic) bond motifs is 2. The largest absolute Gasteiger partial charge is 0.476 e. The lowest BCUT2D eigenvalue weighted by Gasteiger charge is -2.56. The fraction of sp³-hybridized carbons (Fsp3) is 0.490. The van der Waals surface area contributed by atoms with Crippen molar-refractivity contribution in [3.8, 4) is 5.88 Å². The molecule has 0 bridgehead atoms. The number of hydrogen-bond donors (Lipinski definition) is 3. The van der Waals surface area contributed by atoms with E-state index in [9.17, 15) is 23.3 Å². The number of hydrogen-bond acceptors (Lipinski definition) is 13. The average Bonchev–Trinajstić information content (AvgIpc) is 3.95. The number of anilines is 4. The molecule has 66 heavy (non-hydrogen) atoms. The SMILES string of the molecule is O=C(NS(=O)(=O)c1cc([N+](=O)[O-])c(NCC2CCOCC2)cn1)c1ccc(N2CCC3(CC2)CC(N2CCC[C@H]2c2ccccc2C2CC2)C3)cc1N1CCCOc2nc3[nH]ccc3cc21. The number of H-pyrrole nitrogens is 1. The number of amides is 1.